The smallest absolute Gasteiger partial charge is 0.268 e. The molecule has 0 unspecified atom stereocenters. The van der Waals surface area contributed by atoms with Gasteiger partial charge in [0.2, 0.25) is 0 Å². The fourth-order valence-electron chi connectivity index (χ4n) is 2.70. The van der Waals surface area contributed by atoms with E-state index in [-0.39, 0.29) is 11.9 Å². The molecule has 1 saturated heterocycles. The highest BCUT2D eigenvalue weighted by atomic mass is 35.5. The van der Waals surface area contributed by atoms with Crippen LogP contribution in [-0.4, -0.2) is 34.9 Å². The molecular weight excluding hydrogens is 306 g/mol. The summed E-state index contributed by atoms with van der Waals surface area (Å²) in [4.78, 5) is 18.8. The second kappa shape index (κ2) is 6.64. The first-order valence-corrected chi connectivity index (χ1v) is 8.36. The van der Waals surface area contributed by atoms with Crippen molar-refractivity contribution < 1.29 is 4.79 Å². The summed E-state index contributed by atoms with van der Waals surface area (Å²) in [6.07, 6.45) is 3.77. The lowest BCUT2D eigenvalue weighted by Gasteiger charge is -2.32. The number of aromatic nitrogens is 1. The van der Waals surface area contributed by atoms with Crippen molar-refractivity contribution in [2.24, 2.45) is 0 Å². The number of H-pyrrole nitrogens is 1. The standard InChI is InChI=1S/C15H18ClN3OS/c16-11-7-14(17-8-11)15(20)18-12-3-1-5-19(9-12)10-13-4-2-6-21-13/h2,4,6-8,12,17H,1,3,5,9-10H2,(H,18,20)/t12-/m0/s1. The Morgan fingerprint density at radius 3 is 3.19 bits per heavy atom. The summed E-state index contributed by atoms with van der Waals surface area (Å²) in [5.74, 6) is -0.0788. The maximum Gasteiger partial charge on any atom is 0.268 e. The molecule has 2 aromatic heterocycles. The first kappa shape index (κ1) is 14.6. The first-order valence-electron chi connectivity index (χ1n) is 7.10. The highest BCUT2D eigenvalue weighted by Crippen LogP contribution is 2.17. The van der Waals surface area contributed by atoms with Crippen molar-refractivity contribution in [3.8, 4) is 0 Å². The van der Waals surface area contributed by atoms with Gasteiger partial charge < -0.3 is 10.3 Å². The van der Waals surface area contributed by atoms with Crippen molar-refractivity contribution in [1.29, 1.82) is 0 Å². The second-order valence-electron chi connectivity index (χ2n) is 5.36. The van der Waals surface area contributed by atoms with Gasteiger partial charge in [-0.25, -0.2) is 0 Å². The van der Waals surface area contributed by atoms with E-state index in [0.717, 1.165) is 32.5 Å². The fourth-order valence-corrected chi connectivity index (χ4v) is 3.61. The van der Waals surface area contributed by atoms with Crippen LogP contribution < -0.4 is 5.32 Å². The predicted octanol–water partition coefficient (Wildman–Crippen LogP) is 3.12. The van der Waals surface area contributed by atoms with Gasteiger partial charge in [-0.15, -0.1) is 11.3 Å². The normalized spacial score (nSPS) is 19.6. The lowest BCUT2D eigenvalue weighted by atomic mass is 10.1. The number of nitrogens with one attached hydrogen (secondary N) is 2. The number of amides is 1. The Morgan fingerprint density at radius 2 is 2.48 bits per heavy atom. The van der Waals surface area contributed by atoms with Gasteiger partial charge in [-0.1, -0.05) is 17.7 Å². The van der Waals surface area contributed by atoms with Gasteiger partial charge in [0.05, 0.1) is 5.02 Å². The topological polar surface area (TPSA) is 48.1 Å². The van der Waals surface area contributed by atoms with Crippen LogP contribution in [0.2, 0.25) is 5.02 Å². The van der Waals surface area contributed by atoms with E-state index in [9.17, 15) is 4.79 Å². The summed E-state index contributed by atoms with van der Waals surface area (Å²) >= 11 is 7.61. The summed E-state index contributed by atoms with van der Waals surface area (Å²) in [5.41, 5.74) is 0.524. The largest absolute Gasteiger partial charge is 0.356 e. The minimum Gasteiger partial charge on any atom is -0.356 e. The van der Waals surface area contributed by atoms with Crippen molar-refractivity contribution in [2.45, 2.75) is 25.4 Å². The van der Waals surface area contributed by atoms with Crippen LogP contribution in [0.25, 0.3) is 0 Å². The molecule has 1 atom stereocenters. The van der Waals surface area contributed by atoms with Crippen LogP contribution in [0, 0.1) is 0 Å². The molecule has 2 aromatic rings. The van der Waals surface area contributed by atoms with Crippen molar-refractivity contribution >= 4 is 28.8 Å². The molecular formula is C15H18ClN3OS. The van der Waals surface area contributed by atoms with Crippen molar-refractivity contribution in [3.63, 3.8) is 0 Å². The Balaban J connectivity index is 1.55. The predicted molar refractivity (Wildman–Crippen MR) is 85.9 cm³/mol. The first-order chi connectivity index (χ1) is 10.2. The zero-order valence-electron chi connectivity index (χ0n) is 11.6. The molecule has 4 nitrogen and oxygen atoms in total. The molecule has 1 aliphatic rings. The molecule has 6 heteroatoms. The number of nitrogens with zero attached hydrogens (tertiary/aromatic N) is 1. The van der Waals surface area contributed by atoms with E-state index in [1.54, 1.807) is 23.6 Å². The molecule has 3 rings (SSSR count). The lowest BCUT2D eigenvalue weighted by Crippen LogP contribution is -2.47. The molecule has 0 spiro atoms. The number of aromatic amines is 1. The highest BCUT2D eigenvalue weighted by Gasteiger charge is 2.22. The Bertz CT molecular complexity index is 596. The number of carbonyl (C=O) groups excluding carboxylic acids is 1. The third kappa shape index (κ3) is 3.87. The van der Waals surface area contributed by atoms with Crippen LogP contribution in [-0.2, 0) is 6.54 Å². The molecule has 2 N–H and O–H groups in total. The monoisotopic (exact) mass is 323 g/mol. The Hall–Kier alpha value is -1.30. The fraction of sp³-hybridized carbons (Fsp3) is 0.400. The van der Waals surface area contributed by atoms with Gasteiger partial charge >= 0.3 is 0 Å². The van der Waals surface area contributed by atoms with E-state index in [1.165, 1.54) is 4.88 Å². The molecule has 3 heterocycles. The van der Waals surface area contributed by atoms with Crippen LogP contribution >= 0.6 is 22.9 Å². The van der Waals surface area contributed by atoms with Gasteiger partial charge in [0.1, 0.15) is 5.69 Å². The van der Waals surface area contributed by atoms with Crippen molar-refractivity contribution in [1.82, 2.24) is 15.2 Å². The average Bonchev–Trinajstić information content (AvgIpc) is 3.11. The summed E-state index contributed by atoms with van der Waals surface area (Å²) in [6.45, 7) is 2.97. The Morgan fingerprint density at radius 1 is 1.57 bits per heavy atom. The molecule has 0 aliphatic carbocycles. The quantitative estimate of drug-likeness (QED) is 0.908. The van der Waals surface area contributed by atoms with Gasteiger partial charge in [0.25, 0.3) is 5.91 Å². The SMILES string of the molecule is O=C(N[C@H]1CCCN(Cc2cccs2)C1)c1cc(Cl)c[nH]1. The summed E-state index contributed by atoms with van der Waals surface area (Å²) in [6, 6.07) is 6.10. The summed E-state index contributed by atoms with van der Waals surface area (Å²) in [5, 5.41) is 5.75. The van der Waals surface area contributed by atoms with Crippen molar-refractivity contribution in [3.05, 3.63) is 45.4 Å². The van der Waals surface area contributed by atoms with E-state index in [2.05, 4.69) is 32.7 Å². The second-order valence-corrected chi connectivity index (χ2v) is 6.83. The molecule has 0 aromatic carbocycles. The molecule has 1 amide bonds. The Labute approximate surface area is 133 Å². The van der Waals surface area contributed by atoms with Gasteiger partial charge in [-0.3, -0.25) is 9.69 Å². The highest BCUT2D eigenvalue weighted by molar-refractivity contribution is 7.09. The number of carbonyl (C=O) groups is 1. The van der Waals surface area contributed by atoms with Gasteiger partial charge in [-0.05, 0) is 36.9 Å². The summed E-state index contributed by atoms with van der Waals surface area (Å²) < 4.78 is 0. The van der Waals surface area contributed by atoms with Crippen molar-refractivity contribution in [2.75, 3.05) is 13.1 Å². The molecule has 0 saturated carbocycles. The van der Waals surface area contributed by atoms with Crippen LogP contribution in [0.5, 0.6) is 0 Å². The third-order valence-corrected chi connectivity index (χ3v) is 4.77. The van der Waals surface area contributed by atoms with Crippen LogP contribution in [0.3, 0.4) is 0 Å². The van der Waals surface area contributed by atoms with E-state index in [4.69, 9.17) is 11.6 Å². The third-order valence-electron chi connectivity index (χ3n) is 3.69. The van der Waals surface area contributed by atoms with E-state index < -0.39 is 0 Å². The molecule has 1 fully saturated rings. The maximum absolute atomic E-state index is 12.1. The minimum absolute atomic E-state index is 0.0788. The lowest BCUT2D eigenvalue weighted by molar-refractivity contribution is 0.0897. The van der Waals surface area contributed by atoms with Gasteiger partial charge in [-0.2, -0.15) is 0 Å². The van der Waals surface area contributed by atoms with E-state index >= 15 is 0 Å². The zero-order chi connectivity index (χ0) is 14.7. The number of hydrogen-bond donors (Lipinski definition) is 2. The number of rotatable bonds is 4. The number of piperidine rings is 1. The van der Waals surface area contributed by atoms with E-state index in [0.29, 0.717) is 10.7 Å². The molecule has 0 bridgehead atoms. The number of halogens is 1. The average molecular weight is 324 g/mol. The van der Waals surface area contributed by atoms with Gasteiger partial charge in [0, 0.05) is 30.2 Å². The number of thiophene rings is 1. The zero-order valence-corrected chi connectivity index (χ0v) is 13.2. The maximum atomic E-state index is 12.1. The molecule has 21 heavy (non-hydrogen) atoms. The van der Waals surface area contributed by atoms with E-state index in [1.807, 2.05) is 0 Å². The van der Waals surface area contributed by atoms with Crippen LogP contribution in [0.1, 0.15) is 28.2 Å². The minimum atomic E-state index is -0.0788. The molecule has 0 radical (unpaired) electrons. The van der Waals surface area contributed by atoms with Crippen LogP contribution in [0.15, 0.2) is 29.8 Å². The number of likely N-dealkylation sites (tertiary alicyclic amines) is 1. The van der Waals surface area contributed by atoms with Gasteiger partial charge in [0.15, 0.2) is 0 Å². The molecule has 112 valence electrons. The van der Waals surface area contributed by atoms with Crippen LogP contribution in [0.4, 0.5) is 0 Å². The Kier molecular flexibility index (Phi) is 4.63. The molecule has 1 aliphatic heterocycles. The summed E-state index contributed by atoms with van der Waals surface area (Å²) in [7, 11) is 0. The number of hydrogen-bond acceptors (Lipinski definition) is 3.